The maximum absolute atomic E-state index is 14.7. The van der Waals surface area contributed by atoms with E-state index in [1.807, 2.05) is 42.5 Å². The fourth-order valence-corrected chi connectivity index (χ4v) is 8.66. The lowest BCUT2D eigenvalue weighted by Crippen LogP contribution is -2.60. The van der Waals surface area contributed by atoms with Crippen molar-refractivity contribution in [3.63, 3.8) is 0 Å². The molecule has 0 spiro atoms. The van der Waals surface area contributed by atoms with Crippen LogP contribution in [0.4, 0.5) is 4.79 Å². The molecule has 2 saturated carbocycles. The molecular formula is C42H53N5O9S. The van der Waals surface area contributed by atoms with Gasteiger partial charge in [-0.3, -0.25) is 19.1 Å². The van der Waals surface area contributed by atoms with Gasteiger partial charge in [-0.05, 0) is 63.5 Å². The SMILES string of the molecule is C=CC1CC1(NC(=O)C1CC(Oc2cc(-c3ccccc3)nc3cc(OC)ccc23)CN1C(=O)C(NC(=O)OC(C)(C)C)C(C)(C)C)C(=O)NS(=O)(=O)CC1CC1. The van der Waals surface area contributed by atoms with Crippen LogP contribution in [0.2, 0.25) is 0 Å². The highest BCUT2D eigenvalue weighted by Crippen LogP contribution is 2.45. The van der Waals surface area contributed by atoms with Gasteiger partial charge in [0.05, 0.1) is 30.6 Å². The molecule has 14 nitrogen and oxygen atoms in total. The van der Waals surface area contributed by atoms with E-state index >= 15 is 0 Å². The monoisotopic (exact) mass is 803 g/mol. The molecular weight excluding hydrogens is 751 g/mol. The van der Waals surface area contributed by atoms with Gasteiger partial charge in [-0.2, -0.15) is 0 Å². The maximum Gasteiger partial charge on any atom is 0.408 e. The molecule has 3 aromatic rings. The van der Waals surface area contributed by atoms with Crippen LogP contribution in [-0.2, 0) is 29.1 Å². The third kappa shape index (κ3) is 9.69. The van der Waals surface area contributed by atoms with Gasteiger partial charge in [0.1, 0.15) is 40.8 Å². The van der Waals surface area contributed by atoms with Crippen LogP contribution in [0.5, 0.6) is 11.5 Å². The molecule has 306 valence electrons. The molecule has 6 rings (SSSR count). The second kappa shape index (κ2) is 15.6. The topological polar surface area (TPSA) is 182 Å². The Kier molecular flexibility index (Phi) is 11.4. The largest absolute Gasteiger partial charge is 0.497 e. The number of pyridine rings is 1. The van der Waals surface area contributed by atoms with E-state index in [1.165, 1.54) is 11.0 Å². The summed E-state index contributed by atoms with van der Waals surface area (Å²) in [5.74, 6) is -1.74. The van der Waals surface area contributed by atoms with Crippen molar-refractivity contribution in [3.8, 4) is 22.8 Å². The molecule has 2 aliphatic carbocycles. The minimum atomic E-state index is -3.95. The molecule has 3 fully saturated rings. The maximum atomic E-state index is 14.7. The Bertz CT molecular complexity index is 2160. The Morgan fingerprint density at radius 1 is 1.04 bits per heavy atom. The van der Waals surface area contributed by atoms with Crippen LogP contribution < -0.4 is 24.8 Å². The molecule has 0 bridgehead atoms. The van der Waals surface area contributed by atoms with Crippen molar-refractivity contribution in [2.45, 2.75) is 96.6 Å². The van der Waals surface area contributed by atoms with E-state index in [-0.39, 0.29) is 31.1 Å². The Hall–Kier alpha value is -5.18. The van der Waals surface area contributed by atoms with E-state index < -0.39 is 74.5 Å². The summed E-state index contributed by atoms with van der Waals surface area (Å²) in [4.78, 5) is 62.1. The summed E-state index contributed by atoms with van der Waals surface area (Å²) >= 11 is 0. The van der Waals surface area contributed by atoms with Crippen LogP contribution >= 0.6 is 0 Å². The van der Waals surface area contributed by atoms with Crippen molar-refractivity contribution in [3.05, 3.63) is 67.3 Å². The number of benzene rings is 2. The van der Waals surface area contributed by atoms with Gasteiger partial charge in [0.25, 0.3) is 5.91 Å². The van der Waals surface area contributed by atoms with Crippen LogP contribution in [0.1, 0.15) is 67.2 Å². The normalized spacial score (nSPS) is 22.6. The number of amides is 4. The van der Waals surface area contributed by atoms with E-state index in [0.29, 0.717) is 28.1 Å². The number of methoxy groups -OCH3 is 1. The van der Waals surface area contributed by atoms with Crippen molar-refractivity contribution in [1.82, 2.24) is 25.2 Å². The number of hydrogen-bond acceptors (Lipinski definition) is 10. The van der Waals surface area contributed by atoms with Crippen molar-refractivity contribution in [2.75, 3.05) is 19.4 Å². The molecule has 0 radical (unpaired) electrons. The number of likely N-dealkylation sites (tertiary alicyclic amines) is 1. The number of sulfonamides is 1. The Morgan fingerprint density at radius 2 is 1.74 bits per heavy atom. The molecule has 5 unspecified atom stereocenters. The number of carbonyl (C=O) groups excluding carboxylic acids is 4. The summed E-state index contributed by atoms with van der Waals surface area (Å²) in [6, 6.07) is 14.5. The molecule has 1 aromatic heterocycles. The second-order valence-electron chi connectivity index (χ2n) is 17.3. The molecule has 2 aromatic carbocycles. The molecule has 1 saturated heterocycles. The Balaban J connectivity index is 1.34. The van der Waals surface area contributed by atoms with Crippen molar-refractivity contribution < 1.29 is 41.8 Å². The summed E-state index contributed by atoms with van der Waals surface area (Å²) in [7, 11) is -2.38. The van der Waals surface area contributed by atoms with Gasteiger partial charge in [0.2, 0.25) is 21.8 Å². The smallest absolute Gasteiger partial charge is 0.408 e. The second-order valence-corrected chi connectivity index (χ2v) is 19.1. The zero-order valence-electron chi connectivity index (χ0n) is 33.6. The third-order valence-electron chi connectivity index (χ3n) is 10.4. The van der Waals surface area contributed by atoms with Crippen molar-refractivity contribution in [2.24, 2.45) is 17.3 Å². The van der Waals surface area contributed by atoms with Crippen LogP contribution in [0.3, 0.4) is 0 Å². The fourth-order valence-electron chi connectivity index (χ4n) is 7.16. The highest BCUT2D eigenvalue weighted by Gasteiger charge is 2.61. The average molecular weight is 804 g/mol. The number of hydrogen-bond donors (Lipinski definition) is 3. The molecule has 57 heavy (non-hydrogen) atoms. The number of fused-ring (bicyclic) bond motifs is 1. The summed E-state index contributed by atoms with van der Waals surface area (Å²) in [6.07, 6.45) is 1.66. The average Bonchev–Trinajstić information content (AvgIpc) is 4.04. The van der Waals surface area contributed by atoms with Gasteiger partial charge in [0, 0.05) is 35.4 Å². The highest BCUT2D eigenvalue weighted by molar-refractivity contribution is 7.90. The van der Waals surface area contributed by atoms with Gasteiger partial charge < -0.3 is 29.7 Å². The first kappa shape index (κ1) is 41.5. The van der Waals surface area contributed by atoms with E-state index in [0.717, 1.165) is 18.4 Å². The first-order chi connectivity index (χ1) is 26.7. The number of aromatic nitrogens is 1. The van der Waals surface area contributed by atoms with Crippen LogP contribution in [0.25, 0.3) is 22.2 Å². The van der Waals surface area contributed by atoms with Gasteiger partial charge in [-0.1, -0.05) is 57.2 Å². The Morgan fingerprint density at radius 3 is 2.33 bits per heavy atom. The summed E-state index contributed by atoms with van der Waals surface area (Å²) in [5.41, 5.74) is -1.17. The first-order valence-electron chi connectivity index (χ1n) is 19.2. The lowest BCUT2D eigenvalue weighted by Gasteiger charge is -2.36. The lowest BCUT2D eigenvalue weighted by atomic mass is 9.85. The number of alkyl carbamates (subject to hydrolysis) is 1. The number of nitrogens with one attached hydrogen (secondary N) is 3. The molecule has 15 heteroatoms. The zero-order chi connectivity index (χ0) is 41.5. The lowest BCUT2D eigenvalue weighted by molar-refractivity contribution is -0.143. The summed E-state index contributed by atoms with van der Waals surface area (Å²) < 4.78 is 45.6. The summed E-state index contributed by atoms with van der Waals surface area (Å²) in [5, 5.41) is 6.22. The summed E-state index contributed by atoms with van der Waals surface area (Å²) in [6.45, 7) is 14.2. The number of rotatable bonds is 13. The predicted molar refractivity (Wildman–Crippen MR) is 215 cm³/mol. The van der Waals surface area contributed by atoms with E-state index in [2.05, 4.69) is 21.9 Å². The minimum absolute atomic E-state index is 0.00129. The molecule has 3 N–H and O–H groups in total. The number of carbonyl (C=O) groups is 4. The van der Waals surface area contributed by atoms with Crippen LogP contribution in [0.15, 0.2) is 67.3 Å². The van der Waals surface area contributed by atoms with Gasteiger partial charge in [0.15, 0.2) is 0 Å². The highest BCUT2D eigenvalue weighted by atomic mass is 32.2. The molecule has 4 amide bonds. The third-order valence-corrected chi connectivity index (χ3v) is 11.8. The van der Waals surface area contributed by atoms with E-state index in [1.54, 1.807) is 60.8 Å². The van der Waals surface area contributed by atoms with E-state index in [9.17, 15) is 27.6 Å². The molecule has 1 aliphatic heterocycles. The van der Waals surface area contributed by atoms with Gasteiger partial charge >= 0.3 is 6.09 Å². The molecule has 5 atom stereocenters. The minimum Gasteiger partial charge on any atom is -0.497 e. The fraction of sp³-hybridized carbons (Fsp3) is 0.500. The molecule has 3 aliphatic rings. The predicted octanol–water partition coefficient (Wildman–Crippen LogP) is 5.12. The standard InChI is InChI=1S/C42H53N5O9S/c1-9-27-22-42(27,38(50)46-57(52,53)24-25-15-16-25)45-36(48)33-20-29(23-47(33)37(49)35(40(2,3)4)44-39(51)56-41(5,6)7)55-34-21-31(26-13-11-10-12-14-26)43-32-19-28(54-8)17-18-30(32)34/h9-14,17-19,21,25,27,29,33,35H,1,15-16,20,22-24H2,2-8H3,(H,44,51)(H,45,48)(H,46,50). The van der Waals surface area contributed by atoms with Gasteiger partial charge in [-0.15, -0.1) is 6.58 Å². The van der Waals surface area contributed by atoms with Crippen LogP contribution in [-0.4, -0.2) is 90.9 Å². The van der Waals surface area contributed by atoms with Crippen molar-refractivity contribution >= 4 is 44.7 Å². The number of nitrogens with zero attached hydrogens (tertiary/aromatic N) is 2. The molecule has 2 heterocycles. The number of ether oxygens (including phenoxy) is 3. The van der Waals surface area contributed by atoms with E-state index in [4.69, 9.17) is 19.2 Å². The van der Waals surface area contributed by atoms with Gasteiger partial charge in [-0.25, -0.2) is 18.2 Å². The first-order valence-corrected chi connectivity index (χ1v) is 20.9. The Labute approximate surface area is 334 Å². The zero-order valence-corrected chi connectivity index (χ0v) is 34.4. The van der Waals surface area contributed by atoms with Crippen molar-refractivity contribution in [1.29, 1.82) is 0 Å². The quantitative estimate of drug-likeness (QED) is 0.196. The van der Waals surface area contributed by atoms with Crippen LogP contribution in [0, 0.1) is 17.3 Å².